The summed E-state index contributed by atoms with van der Waals surface area (Å²) in [5.41, 5.74) is 4.20. The number of hydrogen-bond donors (Lipinski definition) is 1. The van der Waals surface area contributed by atoms with Gasteiger partial charge in [0, 0.05) is 6.42 Å². The van der Waals surface area contributed by atoms with E-state index < -0.39 is 5.97 Å². The molecule has 0 radical (unpaired) electrons. The van der Waals surface area contributed by atoms with Gasteiger partial charge in [-0.15, -0.1) is 0 Å². The second-order valence-electron chi connectivity index (χ2n) is 14.4. The van der Waals surface area contributed by atoms with Crippen molar-refractivity contribution < 1.29 is 9.90 Å². The Labute approximate surface area is 210 Å². The molecule has 2 nitrogen and oxygen atoms in total. The van der Waals surface area contributed by atoms with E-state index in [4.69, 9.17) is 0 Å². The van der Waals surface area contributed by atoms with Gasteiger partial charge >= 0.3 is 5.97 Å². The fourth-order valence-electron chi connectivity index (χ4n) is 10.6. The summed E-state index contributed by atoms with van der Waals surface area (Å²) in [6, 6.07) is 0. The highest BCUT2D eigenvalue weighted by Gasteiger charge is 2.68. The minimum atomic E-state index is -0.614. The Morgan fingerprint density at radius 2 is 1.59 bits per heavy atom. The van der Waals surface area contributed by atoms with Gasteiger partial charge in [-0.05, 0) is 129 Å². The van der Waals surface area contributed by atoms with Crippen molar-refractivity contribution in [1.82, 2.24) is 0 Å². The van der Waals surface area contributed by atoms with Crippen LogP contribution in [0.4, 0.5) is 0 Å². The average molecular weight is 469 g/mol. The van der Waals surface area contributed by atoms with E-state index in [1.54, 1.807) is 0 Å². The zero-order valence-electron chi connectivity index (χ0n) is 23.3. The molecule has 8 atom stereocenters. The van der Waals surface area contributed by atoms with Crippen LogP contribution in [0.2, 0.25) is 0 Å². The Morgan fingerprint density at radius 1 is 0.912 bits per heavy atom. The first-order valence-corrected chi connectivity index (χ1v) is 14.3. The predicted molar refractivity (Wildman–Crippen MR) is 143 cm³/mol. The molecular weight excluding hydrogens is 416 g/mol. The minimum absolute atomic E-state index is 0.113. The molecule has 0 amide bonds. The lowest BCUT2D eigenvalue weighted by atomic mass is 9.35. The summed E-state index contributed by atoms with van der Waals surface area (Å²) in [5, 5.41) is 9.56. The van der Waals surface area contributed by atoms with Gasteiger partial charge in [-0.25, -0.2) is 0 Å². The van der Waals surface area contributed by atoms with Crippen molar-refractivity contribution in [3.05, 3.63) is 23.8 Å². The second kappa shape index (κ2) is 8.81. The molecule has 0 saturated heterocycles. The van der Waals surface area contributed by atoms with E-state index in [2.05, 4.69) is 61.1 Å². The summed E-state index contributed by atoms with van der Waals surface area (Å²) < 4.78 is 0. The van der Waals surface area contributed by atoms with Crippen LogP contribution in [0.3, 0.4) is 0 Å². The number of carboxylic acid groups (broad SMARTS) is 1. The number of rotatable bonds is 6. The molecule has 4 rings (SSSR count). The van der Waals surface area contributed by atoms with Crippen molar-refractivity contribution in [2.24, 2.45) is 51.2 Å². The Hall–Kier alpha value is -1.05. The highest BCUT2D eigenvalue weighted by Crippen LogP contribution is 2.76. The van der Waals surface area contributed by atoms with Crippen molar-refractivity contribution in [2.45, 2.75) is 119 Å². The maximum atomic E-state index is 11.6. The summed E-state index contributed by atoms with van der Waals surface area (Å²) in [6.45, 7) is 21.8. The molecule has 4 aliphatic rings. The fraction of sp³-hybridized carbons (Fsp3) is 0.844. The molecule has 34 heavy (non-hydrogen) atoms. The zero-order valence-corrected chi connectivity index (χ0v) is 23.3. The van der Waals surface area contributed by atoms with Crippen LogP contribution >= 0.6 is 0 Å². The molecule has 0 heterocycles. The van der Waals surface area contributed by atoms with E-state index in [1.807, 2.05) is 0 Å². The first-order chi connectivity index (χ1) is 15.8. The van der Waals surface area contributed by atoms with Crippen LogP contribution in [0, 0.1) is 51.2 Å². The maximum absolute atomic E-state index is 11.6. The Morgan fingerprint density at radius 3 is 2.24 bits per heavy atom. The molecule has 2 unspecified atom stereocenters. The molecule has 4 aliphatic carbocycles. The normalized spacial score (nSPS) is 45.0. The monoisotopic (exact) mass is 468 g/mol. The van der Waals surface area contributed by atoms with Gasteiger partial charge < -0.3 is 5.11 Å². The van der Waals surface area contributed by atoms with Crippen LogP contribution in [0.15, 0.2) is 23.8 Å². The number of hydrogen-bond acceptors (Lipinski definition) is 1. The van der Waals surface area contributed by atoms with Gasteiger partial charge in [0.15, 0.2) is 0 Å². The Bertz CT molecular complexity index is 847. The summed E-state index contributed by atoms with van der Waals surface area (Å²) in [6.07, 6.45) is 15.4. The number of allylic oxidation sites excluding steroid dienone is 3. The number of carbonyl (C=O) groups is 1. The van der Waals surface area contributed by atoms with E-state index in [0.29, 0.717) is 40.4 Å². The van der Waals surface area contributed by atoms with Crippen molar-refractivity contribution >= 4 is 5.97 Å². The molecule has 192 valence electrons. The van der Waals surface area contributed by atoms with E-state index >= 15 is 0 Å². The highest BCUT2D eigenvalue weighted by atomic mass is 16.4. The SMILES string of the molecule is C=C(CCC=C(C)C)[C@H]1CC[C@@]2(C)[C@H]1CC[C@@H]1[C@@]3(C)CCC(CC(=O)O)C(C)(C)C3CC[C@]12C. The largest absolute Gasteiger partial charge is 0.481 e. The average Bonchev–Trinajstić information content (AvgIpc) is 3.08. The van der Waals surface area contributed by atoms with Gasteiger partial charge in [0.25, 0.3) is 0 Å². The van der Waals surface area contributed by atoms with Gasteiger partial charge in [-0.2, -0.15) is 0 Å². The summed E-state index contributed by atoms with van der Waals surface area (Å²) in [7, 11) is 0. The molecule has 0 spiro atoms. The van der Waals surface area contributed by atoms with Crippen LogP contribution < -0.4 is 0 Å². The second-order valence-corrected chi connectivity index (χ2v) is 14.4. The van der Waals surface area contributed by atoms with E-state index in [9.17, 15) is 9.90 Å². The van der Waals surface area contributed by atoms with Gasteiger partial charge in [-0.3, -0.25) is 4.79 Å². The van der Waals surface area contributed by atoms with Crippen LogP contribution in [0.1, 0.15) is 119 Å². The maximum Gasteiger partial charge on any atom is 0.303 e. The van der Waals surface area contributed by atoms with Crippen molar-refractivity contribution in [1.29, 1.82) is 0 Å². The van der Waals surface area contributed by atoms with E-state index in [1.165, 1.54) is 56.1 Å². The van der Waals surface area contributed by atoms with Crippen LogP contribution in [-0.4, -0.2) is 11.1 Å². The van der Waals surface area contributed by atoms with Crippen LogP contribution in [0.25, 0.3) is 0 Å². The quantitative estimate of drug-likeness (QED) is 0.395. The Balaban J connectivity index is 1.57. The lowest BCUT2D eigenvalue weighted by Gasteiger charge is -2.70. The lowest BCUT2D eigenvalue weighted by Crippen LogP contribution is -2.63. The summed E-state index contributed by atoms with van der Waals surface area (Å²) >= 11 is 0. The number of fused-ring (bicyclic) bond motifs is 5. The van der Waals surface area contributed by atoms with Gasteiger partial charge in [0.2, 0.25) is 0 Å². The molecule has 1 N–H and O–H groups in total. The standard InChI is InChI=1S/C32H52O2/c1-21(2)10-9-11-22(3)24-15-18-31(7)25(24)12-13-27-30(6)17-14-23(20-28(33)34)29(4,5)26(30)16-19-32(27,31)8/h10,23-27H,3,9,11-20H2,1-2,4-8H3,(H,33,34)/t23?,24-,25+,26?,27-,30+,31+,32-/m1/s1. The lowest BCUT2D eigenvalue weighted by molar-refractivity contribution is -0.213. The molecular formula is C32H52O2. The van der Waals surface area contributed by atoms with E-state index in [0.717, 1.165) is 31.1 Å². The fourth-order valence-corrected chi connectivity index (χ4v) is 10.6. The minimum Gasteiger partial charge on any atom is -0.481 e. The molecule has 0 aromatic carbocycles. The molecule has 0 aromatic heterocycles. The smallest absolute Gasteiger partial charge is 0.303 e. The zero-order chi connectivity index (χ0) is 25.1. The van der Waals surface area contributed by atoms with Crippen molar-refractivity contribution in [2.75, 3.05) is 0 Å². The van der Waals surface area contributed by atoms with Gasteiger partial charge in [0.05, 0.1) is 0 Å². The number of aliphatic carboxylic acids is 1. The topological polar surface area (TPSA) is 37.3 Å². The molecule has 4 saturated carbocycles. The predicted octanol–water partition coefficient (Wildman–Crippen LogP) is 9.07. The van der Waals surface area contributed by atoms with Crippen molar-refractivity contribution in [3.63, 3.8) is 0 Å². The molecule has 2 heteroatoms. The first-order valence-electron chi connectivity index (χ1n) is 14.3. The molecule has 0 aliphatic heterocycles. The summed E-state index contributed by atoms with van der Waals surface area (Å²) in [4.78, 5) is 11.6. The van der Waals surface area contributed by atoms with Crippen LogP contribution in [0.5, 0.6) is 0 Å². The van der Waals surface area contributed by atoms with Gasteiger partial charge in [0.1, 0.15) is 0 Å². The number of carboxylic acids is 1. The first kappa shape index (κ1) is 26.0. The summed E-state index contributed by atoms with van der Waals surface area (Å²) in [5.74, 6) is 2.62. The molecule has 0 bridgehead atoms. The van der Waals surface area contributed by atoms with E-state index in [-0.39, 0.29) is 5.41 Å². The molecule has 0 aromatic rings. The third-order valence-corrected chi connectivity index (χ3v) is 12.6. The molecule has 4 fully saturated rings. The van der Waals surface area contributed by atoms with Crippen LogP contribution in [-0.2, 0) is 4.79 Å². The Kier molecular flexibility index (Phi) is 6.74. The van der Waals surface area contributed by atoms with Gasteiger partial charge in [-0.1, -0.05) is 58.4 Å². The highest BCUT2D eigenvalue weighted by molar-refractivity contribution is 5.67. The van der Waals surface area contributed by atoms with Crippen molar-refractivity contribution in [3.8, 4) is 0 Å². The third kappa shape index (κ3) is 3.85. The third-order valence-electron chi connectivity index (χ3n) is 12.6.